The van der Waals surface area contributed by atoms with Crippen molar-refractivity contribution >= 4 is 0 Å². The molecular formula is C15H29N. The lowest BCUT2D eigenvalue weighted by Gasteiger charge is -2.35. The van der Waals surface area contributed by atoms with Crippen LogP contribution in [0.2, 0.25) is 0 Å². The van der Waals surface area contributed by atoms with Crippen molar-refractivity contribution in [2.24, 2.45) is 23.7 Å². The lowest BCUT2D eigenvalue weighted by Crippen LogP contribution is -2.44. The second-order valence-corrected chi connectivity index (χ2v) is 6.80. The molecule has 0 heterocycles. The van der Waals surface area contributed by atoms with Crippen LogP contribution in [0.3, 0.4) is 0 Å². The molecule has 5 unspecified atom stereocenters. The Morgan fingerprint density at radius 1 is 0.812 bits per heavy atom. The molecule has 0 saturated heterocycles. The highest BCUT2D eigenvalue weighted by atomic mass is 15.0. The molecule has 1 nitrogen and oxygen atoms in total. The third kappa shape index (κ3) is 2.80. The maximum atomic E-state index is 3.96. The van der Waals surface area contributed by atoms with Crippen LogP contribution in [0.15, 0.2) is 0 Å². The molecule has 0 aliphatic heterocycles. The van der Waals surface area contributed by atoms with Crippen LogP contribution < -0.4 is 5.32 Å². The molecule has 2 aliphatic carbocycles. The van der Waals surface area contributed by atoms with Crippen molar-refractivity contribution in [2.45, 2.75) is 71.9 Å². The van der Waals surface area contributed by atoms with E-state index in [1.54, 1.807) is 0 Å². The summed E-state index contributed by atoms with van der Waals surface area (Å²) in [6, 6.07) is 1.61. The first kappa shape index (κ1) is 12.4. The van der Waals surface area contributed by atoms with Crippen LogP contribution in [0.4, 0.5) is 0 Å². The monoisotopic (exact) mass is 223 g/mol. The minimum atomic E-state index is 0.802. The Bertz CT molecular complexity index is 215. The summed E-state index contributed by atoms with van der Waals surface area (Å²) in [5, 5.41) is 3.96. The van der Waals surface area contributed by atoms with Gasteiger partial charge in [0.1, 0.15) is 0 Å². The van der Waals surface area contributed by atoms with Crippen molar-refractivity contribution < 1.29 is 0 Å². The molecule has 0 radical (unpaired) electrons. The Morgan fingerprint density at radius 2 is 1.44 bits per heavy atom. The Balaban J connectivity index is 1.85. The third-order valence-electron chi connectivity index (χ3n) is 5.09. The predicted molar refractivity (Wildman–Crippen MR) is 70.5 cm³/mol. The predicted octanol–water partition coefficient (Wildman–Crippen LogP) is 3.84. The van der Waals surface area contributed by atoms with Gasteiger partial charge >= 0.3 is 0 Å². The largest absolute Gasteiger partial charge is 0.311 e. The van der Waals surface area contributed by atoms with E-state index in [0.717, 1.165) is 35.8 Å². The standard InChI is InChI=1S/C15H29N/c1-10-7-11(2)9-14(8-10)16-15-6-5-12(3)13(15)4/h10-16H,5-9H2,1-4H3. The normalized spacial score (nSPS) is 49.5. The Morgan fingerprint density at radius 3 is 1.94 bits per heavy atom. The number of rotatable bonds is 2. The number of hydrogen-bond acceptors (Lipinski definition) is 1. The van der Waals surface area contributed by atoms with E-state index in [2.05, 4.69) is 33.0 Å². The van der Waals surface area contributed by atoms with Crippen LogP contribution in [-0.4, -0.2) is 12.1 Å². The van der Waals surface area contributed by atoms with E-state index in [-0.39, 0.29) is 0 Å². The lowest BCUT2D eigenvalue weighted by molar-refractivity contribution is 0.212. The summed E-state index contributed by atoms with van der Waals surface area (Å²) < 4.78 is 0. The van der Waals surface area contributed by atoms with E-state index < -0.39 is 0 Å². The summed E-state index contributed by atoms with van der Waals surface area (Å²) in [5.41, 5.74) is 0. The molecule has 2 fully saturated rings. The highest BCUT2D eigenvalue weighted by molar-refractivity contribution is 4.89. The molecule has 0 spiro atoms. The molecule has 1 heteroatoms. The van der Waals surface area contributed by atoms with E-state index >= 15 is 0 Å². The Labute approximate surface area is 101 Å². The van der Waals surface area contributed by atoms with Gasteiger partial charge in [-0.15, -0.1) is 0 Å². The van der Waals surface area contributed by atoms with Crippen LogP contribution in [-0.2, 0) is 0 Å². The molecule has 5 atom stereocenters. The topological polar surface area (TPSA) is 12.0 Å². The SMILES string of the molecule is CC1CC(C)CC(NC2CCC(C)C2C)C1. The fourth-order valence-corrected chi connectivity index (χ4v) is 3.99. The van der Waals surface area contributed by atoms with Gasteiger partial charge in [-0.3, -0.25) is 0 Å². The molecule has 2 saturated carbocycles. The van der Waals surface area contributed by atoms with E-state index in [1.807, 2.05) is 0 Å². The van der Waals surface area contributed by atoms with Gasteiger partial charge in [-0.05, 0) is 55.8 Å². The van der Waals surface area contributed by atoms with Crippen molar-refractivity contribution in [3.8, 4) is 0 Å². The van der Waals surface area contributed by atoms with Gasteiger partial charge in [0.25, 0.3) is 0 Å². The summed E-state index contributed by atoms with van der Waals surface area (Å²) in [6.45, 7) is 9.69. The van der Waals surface area contributed by atoms with Gasteiger partial charge in [0.2, 0.25) is 0 Å². The molecule has 2 rings (SSSR count). The van der Waals surface area contributed by atoms with Gasteiger partial charge in [0.15, 0.2) is 0 Å². The van der Waals surface area contributed by atoms with Gasteiger partial charge in [0.05, 0.1) is 0 Å². The molecule has 2 aliphatic rings. The quantitative estimate of drug-likeness (QED) is 0.750. The minimum Gasteiger partial charge on any atom is -0.311 e. The summed E-state index contributed by atoms with van der Waals surface area (Å²) in [5.74, 6) is 3.66. The van der Waals surface area contributed by atoms with Crippen molar-refractivity contribution in [1.29, 1.82) is 0 Å². The highest BCUT2D eigenvalue weighted by Crippen LogP contribution is 2.34. The zero-order chi connectivity index (χ0) is 11.7. The number of nitrogens with one attached hydrogen (secondary N) is 1. The summed E-state index contributed by atoms with van der Waals surface area (Å²) >= 11 is 0. The molecule has 0 aromatic heterocycles. The van der Waals surface area contributed by atoms with Crippen LogP contribution in [0.5, 0.6) is 0 Å². The molecule has 0 amide bonds. The molecule has 94 valence electrons. The smallest absolute Gasteiger partial charge is 0.00979 e. The Kier molecular flexibility index (Phi) is 3.94. The van der Waals surface area contributed by atoms with Gasteiger partial charge in [-0.2, -0.15) is 0 Å². The average molecular weight is 223 g/mol. The fraction of sp³-hybridized carbons (Fsp3) is 1.00. The molecule has 1 N–H and O–H groups in total. The van der Waals surface area contributed by atoms with Crippen molar-refractivity contribution in [3.05, 3.63) is 0 Å². The lowest BCUT2D eigenvalue weighted by atomic mass is 9.80. The number of hydrogen-bond donors (Lipinski definition) is 1. The second-order valence-electron chi connectivity index (χ2n) is 6.80. The minimum absolute atomic E-state index is 0.802. The summed E-state index contributed by atoms with van der Waals surface area (Å²) in [4.78, 5) is 0. The van der Waals surface area contributed by atoms with Gasteiger partial charge in [-0.1, -0.05) is 27.7 Å². The highest BCUT2D eigenvalue weighted by Gasteiger charge is 2.32. The van der Waals surface area contributed by atoms with Crippen molar-refractivity contribution in [1.82, 2.24) is 5.32 Å². The van der Waals surface area contributed by atoms with Crippen LogP contribution in [0.1, 0.15) is 59.8 Å². The molecule has 0 aromatic rings. The summed E-state index contributed by atoms with van der Waals surface area (Å²) in [7, 11) is 0. The molecular weight excluding hydrogens is 194 g/mol. The molecule has 16 heavy (non-hydrogen) atoms. The first-order valence-electron chi connectivity index (χ1n) is 7.32. The maximum Gasteiger partial charge on any atom is 0.00979 e. The van der Waals surface area contributed by atoms with E-state index in [4.69, 9.17) is 0 Å². The van der Waals surface area contributed by atoms with Crippen LogP contribution in [0.25, 0.3) is 0 Å². The first-order valence-corrected chi connectivity index (χ1v) is 7.32. The molecule has 0 bridgehead atoms. The van der Waals surface area contributed by atoms with Crippen LogP contribution in [0, 0.1) is 23.7 Å². The van der Waals surface area contributed by atoms with Crippen molar-refractivity contribution in [2.75, 3.05) is 0 Å². The van der Waals surface area contributed by atoms with Gasteiger partial charge in [0, 0.05) is 12.1 Å². The molecule has 0 aromatic carbocycles. The van der Waals surface area contributed by atoms with Gasteiger partial charge in [-0.25, -0.2) is 0 Å². The van der Waals surface area contributed by atoms with E-state index in [1.165, 1.54) is 32.1 Å². The van der Waals surface area contributed by atoms with E-state index in [0.29, 0.717) is 0 Å². The fourth-order valence-electron chi connectivity index (χ4n) is 3.99. The van der Waals surface area contributed by atoms with Crippen molar-refractivity contribution in [3.63, 3.8) is 0 Å². The van der Waals surface area contributed by atoms with Crippen LogP contribution >= 0.6 is 0 Å². The summed E-state index contributed by atoms with van der Waals surface area (Å²) in [6.07, 6.45) is 7.08. The third-order valence-corrected chi connectivity index (χ3v) is 5.09. The first-order chi connectivity index (χ1) is 7.56. The second kappa shape index (κ2) is 5.08. The zero-order valence-corrected chi connectivity index (χ0v) is 11.5. The zero-order valence-electron chi connectivity index (χ0n) is 11.5. The Hall–Kier alpha value is -0.0400. The maximum absolute atomic E-state index is 3.96. The average Bonchev–Trinajstić information content (AvgIpc) is 2.48. The van der Waals surface area contributed by atoms with E-state index in [9.17, 15) is 0 Å². The van der Waals surface area contributed by atoms with Gasteiger partial charge < -0.3 is 5.32 Å².